The molecule has 4 heterocycles. The van der Waals surface area contributed by atoms with Gasteiger partial charge in [-0.2, -0.15) is 9.29 Å². The van der Waals surface area contributed by atoms with Gasteiger partial charge in [0.1, 0.15) is 0 Å². The summed E-state index contributed by atoms with van der Waals surface area (Å²) < 4.78 is 33.1. The van der Waals surface area contributed by atoms with Crippen molar-refractivity contribution >= 4 is 27.3 Å². The fourth-order valence-electron chi connectivity index (χ4n) is 3.65. The van der Waals surface area contributed by atoms with E-state index >= 15 is 0 Å². The third-order valence-corrected chi connectivity index (χ3v) is 8.68. The van der Waals surface area contributed by atoms with Gasteiger partial charge in [0.15, 0.2) is 0 Å². The number of sulfonamides is 1. The summed E-state index contributed by atoms with van der Waals surface area (Å²) in [7, 11) is -3.67. The lowest BCUT2D eigenvalue weighted by molar-refractivity contribution is -0.126. The summed E-state index contributed by atoms with van der Waals surface area (Å²) in [6.07, 6.45) is 3.26. The first-order chi connectivity index (χ1) is 15.4. The third kappa shape index (κ3) is 4.74. The van der Waals surface area contributed by atoms with Crippen molar-refractivity contribution in [3.63, 3.8) is 0 Å². The Kier molecular flexibility index (Phi) is 6.68. The molecule has 0 atom stereocenters. The van der Waals surface area contributed by atoms with Crippen molar-refractivity contribution in [2.45, 2.75) is 44.6 Å². The molecule has 170 valence electrons. The second-order valence-corrected chi connectivity index (χ2v) is 10.8. The van der Waals surface area contributed by atoms with Crippen molar-refractivity contribution in [1.29, 1.82) is 0 Å². The molecule has 0 saturated carbocycles. The van der Waals surface area contributed by atoms with E-state index in [1.807, 2.05) is 25.1 Å². The first kappa shape index (κ1) is 22.6. The average molecular weight is 476 g/mol. The van der Waals surface area contributed by atoms with Gasteiger partial charge < -0.3 is 9.84 Å². The highest BCUT2D eigenvalue weighted by Crippen LogP contribution is 2.34. The van der Waals surface area contributed by atoms with Gasteiger partial charge >= 0.3 is 0 Å². The number of aryl methyl sites for hydroxylation is 2. The molecule has 1 aliphatic rings. The van der Waals surface area contributed by atoms with E-state index in [4.69, 9.17) is 4.52 Å². The Morgan fingerprint density at radius 3 is 2.75 bits per heavy atom. The van der Waals surface area contributed by atoms with E-state index in [9.17, 15) is 13.2 Å². The van der Waals surface area contributed by atoms with Crippen molar-refractivity contribution in [1.82, 2.24) is 24.7 Å². The van der Waals surface area contributed by atoms with Gasteiger partial charge in [-0.25, -0.2) is 8.42 Å². The van der Waals surface area contributed by atoms with Crippen LogP contribution in [0.1, 0.15) is 36.2 Å². The molecule has 1 saturated heterocycles. The van der Waals surface area contributed by atoms with E-state index in [2.05, 4.69) is 20.4 Å². The van der Waals surface area contributed by atoms with Crippen molar-refractivity contribution in [2.24, 2.45) is 5.92 Å². The van der Waals surface area contributed by atoms with E-state index in [1.165, 1.54) is 15.6 Å². The predicted octanol–water partition coefficient (Wildman–Crippen LogP) is 2.78. The van der Waals surface area contributed by atoms with Crippen molar-refractivity contribution < 1.29 is 17.7 Å². The molecule has 9 nitrogen and oxygen atoms in total. The Balaban J connectivity index is 1.39. The van der Waals surface area contributed by atoms with E-state index in [0.717, 1.165) is 5.69 Å². The highest BCUT2D eigenvalue weighted by molar-refractivity contribution is 7.89. The fourth-order valence-corrected chi connectivity index (χ4v) is 6.61. The minimum absolute atomic E-state index is 0.0643. The minimum atomic E-state index is -3.67. The summed E-state index contributed by atoms with van der Waals surface area (Å²) in [4.78, 5) is 22.6. The number of hydrogen-bond donors (Lipinski definition) is 1. The monoisotopic (exact) mass is 475 g/mol. The minimum Gasteiger partial charge on any atom is -0.350 e. The van der Waals surface area contributed by atoms with Crippen LogP contribution in [0.4, 0.5) is 0 Å². The summed E-state index contributed by atoms with van der Waals surface area (Å²) in [5.41, 5.74) is 0.789. The van der Waals surface area contributed by atoms with Gasteiger partial charge in [-0.05, 0) is 38.0 Å². The maximum Gasteiger partial charge on any atom is 0.244 e. The van der Waals surface area contributed by atoms with Gasteiger partial charge in [0.2, 0.25) is 27.6 Å². The SMILES string of the molecule is CCc1nc(-c2cc(S(=O)(=O)N3CCC(C(=O)NCc4ccccn4)CC3)c(C)s2)no1. The quantitative estimate of drug-likeness (QED) is 0.558. The highest BCUT2D eigenvalue weighted by Gasteiger charge is 2.34. The number of carbonyl (C=O) groups excluding carboxylic acids is 1. The van der Waals surface area contributed by atoms with Crippen LogP contribution in [0.2, 0.25) is 0 Å². The van der Waals surface area contributed by atoms with Crippen molar-refractivity contribution in [2.75, 3.05) is 13.1 Å². The van der Waals surface area contributed by atoms with E-state index < -0.39 is 10.0 Å². The smallest absolute Gasteiger partial charge is 0.244 e. The number of carbonyl (C=O) groups is 1. The standard InChI is InChI=1S/C21H25N5O4S2/c1-3-19-24-20(25-30-19)17-12-18(14(2)31-17)32(28,29)26-10-7-15(8-11-26)21(27)23-13-16-6-4-5-9-22-16/h4-6,9,12,15H,3,7-8,10-11,13H2,1-2H3,(H,23,27). The van der Waals surface area contributed by atoms with Gasteiger partial charge in [-0.1, -0.05) is 18.1 Å². The van der Waals surface area contributed by atoms with Crippen LogP contribution in [0.25, 0.3) is 10.7 Å². The van der Waals surface area contributed by atoms with Crippen LogP contribution in [0.3, 0.4) is 0 Å². The van der Waals surface area contributed by atoms with Crippen LogP contribution in [-0.2, 0) is 27.8 Å². The number of pyridine rings is 1. The number of nitrogens with one attached hydrogen (secondary N) is 1. The summed E-state index contributed by atoms with van der Waals surface area (Å²) in [6, 6.07) is 7.16. The van der Waals surface area contributed by atoms with E-state index in [1.54, 1.807) is 19.2 Å². The Hall–Kier alpha value is -2.63. The number of thiophene rings is 1. The molecule has 3 aromatic heterocycles. The number of aromatic nitrogens is 3. The van der Waals surface area contributed by atoms with Crippen molar-refractivity contribution in [3.05, 3.63) is 46.9 Å². The lowest BCUT2D eigenvalue weighted by Crippen LogP contribution is -2.42. The first-order valence-corrected chi connectivity index (χ1v) is 12.7. The molecule has 1 amide bonds. The lowest BCUT2D eigenvalue weighted by atomic mass is 9.97. The third-order valence-electron chi connectivity index (χ3n) is 5.48. The Bertz CT molecular complexity index is 1180. The van der Waals surface area contributed by atoms with Gasteiger partial charge in [-0.15, -0.1) is 11.3 Å². The molecule has 1 aliphatic heterocycles. The van der Waals surface area contributed by atoms with Crippen LogP contribution in [0.15, 0.2) is 39.9 Å². The van der Waals surface area contributed by atoms with Gasteiger partial charge in [0.25, 0.3) is 0 Å². The maximum absolute atomic E-state index is 13.3. The first-order valence-electron chi connectivity index (χ1n) is 10.5. The molecule has 0 spiro atoms. The number of piperidine rings is 1. The van der Waals surface area contributed by atoms with E-state index in [0.29, 0.717) is 60.4 Å². The number of nitrogens with zero attached hydrogens (tertiary/aromatic N) is 4. The summed E-state index contributed by atoms with van der Waals surface area (Å²) in [6.45, 7) is 4.66. The molecular weight excluding hydrogens is 450 g/mol. The molecule has 0 bridgehead atoms. The average Bonchev–Trinajstić information content (AvgIpc) is 3.45. The molecule has 1 N–H and O–H groups in total. The van der Waals surface area contributed by atoms with Gasteiger partial charge in [0, 0.05) is 36.5 Å². The second kappa shape index (κ2) is 9.47. The Morgan fingerprint density at radius 1 is 1.31 bits per heavy atom. The van der Waals surface area contributed by atoms with Crippen LogP contribution >= 0.6 is 11.3 Å². The zero-order valence-electron chi connectivity index (χ0n) is 17.9. The highest BCUT2D eigenvalue weighted by atomic mass is 32.2. The van der Waals surface area contributed by atoms with Crippen LogP contribution in [0, 0.1) is 12.8 Å². The normalized spacial score (nSPS) is 15.7. The summed E-state index contributed by atoms with van der Waals surface area (Å²) in [5, 5.41) is 6.84. The van der Waals surface area contributed by atoms with Crippen LogP contribution in [0.5, 0.6) is 0 Å². The molecule has 0 unspecified atom stereocenters. The molecule has 1 fully saturated rings. The molecule has 32 heavy (non-hydrogen) atoms. The fraction of sp³-hybridized carbons (Fsp3) is 0.429. The number of hydrogen-bond acceptors (Lipinski definition) is 8. The van der Waals surface area contributed by atoms with Gasteiger partial charge in [0.05, 0.1) is 22.0 Å². The molecule has 11 heteroatoms. The molecular formula is C21H25N5O4S2. The number of amides is 1. The van der Waals surface area contributed by atoms with Gasteiger partial charge in [-0.3, -0.25) is 9.78 Å². The summed E-state index contributed by atoms with van der Waals surface area (Å²) in [5.74, 6) is 0.639. The largest absolute Gasteiger partial charge is 0.350 e. The van der Waals surface area contributed by atoms with Crippen LogP contribution < -0.4 is 5.32 Å². The maximum atomic E-state index is 13.3. The Labute approximate surface area is 190 Å². The van der Waals surface area contributed by atoms with Crippen LogP contribution in [-0.4, -0.2) is 46.8 Å². The molecule has 0 aliphatic carbocycles. The predicted molar refractivity (Wildman–Crippen MR) is 119 cm³/mol. The van der Waals surface area contributed by atoms with E-state index in [-0.39, 0.29) is 16.7 Å². The topological polar surface area (TPSA) is 118 Å². The zero-order valence-corrected chi connectivity index (χ0v) is 19.6. The lowest BCUT2D eigenvalue weighted by Gasteiger charge is -2.30. The molecule has 0 radical (unpaired) electrons. The molecule has 0 aromatic carbocycles. The number of rotatable bonds is 7. The summed E-state index contributed by atoms with van der Waals surface area (Å²) >= 11 is 1.33. The second-order valence-electron chi connectivity index (χ2n) is 7.61. The molecule has 4 rings (SSSR count). The van der Waals surface area contributed by atoms with Crippen molar-refractivity contribution in [3.8, 4) is 10.7 Å². The Morgan fingerprint density at radius 2 is 2.09 bits per heavy atom. The zero-order chi connectivity index (χ0) is 22.7. The molecule has 3 aromatic rings.